The number of nitrogens with zero attached hydrogens (tertiary/aromatic N) is 2. The van der Waals surface area contributed by atoms with Crippen molar-refractivity contribution in [3.63, 3.8) is 0 Å². The molecule has 0 saturated heterocycles. The van der Waals surface area contributed by atoms with Crippen molar-refractivity contribution in [3.05, 3.63) is 54.4 Å². The smallest absolute Gasteiger partial charge is 0.338 e. The summed E-state index contributed by atoms with van der Waals surface area (Å²) in [4.78, 5) is 29.2. The van der Waals surface area contributed by atoms with E-state index in [0.717, 1.165) is 0 Å². The van der Waals surface area contributed by atoms with Crippen LogP contribution in [0, 0.1) is 5.41 Å². The van der Waals surface area contributed by atoms with Gasteiger partial charge in [-0.05, 0) is 50.2 Å². The van der Waals surface area contributed by atoms with Crippen molar-refractivity contribution in [1.29, 1.82) is 0 Å². The van der Waals surface area contributed by atoms with Crippen molar-refractivity contribution in [2.45, 2.75) is 50.5 Å². The van der Waals surface area contributed by atoms with Crippen LogP contribution in [-0.2, 0) is 19.3 Å². The van der Waals surface area contributed by atoms with Crippen LogP contribution in [-0.4, -0.2) is 27.2 Å². The molecule has 0 N–H and O–H groups in total. The van der Waals surface area contributed by atoms with Gasteiger partial charge in [-0.3, -0.25) is 9.78 Å². The van der Waals surface area contributed by atoms with E-state index >= 15 is 0 Å². The topological polar surface area (TPSA) is 85.7 Å². The van der Waals surface area contributed by atoms with Crippen LogP contribution in [0.5, 0.6) is 0 Å². The number of pyridine rings is 1. The van der Waals surface area contributed by atoms with Crippen molar-refractivity contribution in [3.8, 4) is 0 Å². The first-order valence-electron chi connectivity index (χ1n) is 8.57. The monoisotopic (exact) mass is 388 g/mol. The highest BCUT2D eigenvalue weighted by Crippen LogP contribution is 2.26. The predicted molar refractivity (Wildman–Crippen MR) is 103 cm³/mol. The minimum Gasteiger partial charge on any atom is -0.459 e. The zero-order chi connectivity index (χ0) is 20.2. The summed E-state index contributed by atoms with van der Waals surface area (Å²) in [5.41, 5.74) is -0.428. The van der Waals surface area contributed by atoms with E-state index < -0.39 is 27.0 Å². The average Bonchev–Trinajstić information content (AvgIpc) is 2.61. The third-order valence-electron chi connectivity index (χ3n) is 3.57. The average molecular weight is 388 g/mol. The minimum atomic E-state index is -3.21. The van der Waals surface area contributed by atoms with Gasteiger partial charge in [-0.1, -0.05) is 20.8 Å². The lowest BCUT2D eigenvalue weighted by Crippen LogP contribution is -2.20. The summed E-state index contributed by atoms with van der Waals surface area (Å²) < 4.78 is 23.0. The number of carbonyl (C=O) groups is 2. The van der Waals surface area contributed by atoms with E-state index in [1.165, 1.54) is 24.5 Å². The zero-order valence-electron chi connectivity index (χ0n) is 16.1. The Morgan fingerprint density at radius 2 is 1.52 bits per heavy atom. The summed E-state index contributed by atoms with van der Waals surface area (Å²) in [6, 6.07) is 9.28. The second-order valence-corrected chi connectivity index (χ2v) is 9.51. The number of carbonyl (C=O) groups excluding carboxylic acids is 2. The van der Waals surface area contributed by atoms with Crippen molar-refractivity contribution in [2.75, 3.05) is 0 Å². The van der Waals surface area contributed by atoms with Gasteiger partial charge in [-0.15, -0.1) is 0 Å². The molecule has 144 valence electrons. The molecule has 0 saturated carbocycles. The molecule has 1 atom stereocenters. The Bertz CT molecular complexity index is 936. The Morgan fingerprint density at radius 1 is 1.00 bits per heavy atom. The Morgan fingerprint density at radius 3 is 2.00 bits per heavy atom. The van der Waals surface area contributed by atoms with Crippen molar-refractivity contribution in [2.24, 2.45) is 9.78 Å². The number of aromatic nitrogens is 1. The fourth-order valence-electron chi connectivity index (χ4n) is 2.08. The maximum absolute atomic E-state index is 13.8. The highest BCUT2D eigenvalue weighted by Gasteiger charge is 2.26. The molecule has 0 fully saturated rings. The molecular weight excluding hydrogens is 364 g/mol. The molecule has 0 aliphatic heterocycles. The number of benzene rings is 1. The molecule has 1 amide bonds. The fourth-order valence-corrected chi connectivity index (χ4v) is 4.06. The van der Waals surface area contributed by atoms with E-state index in [2.05, 4.69) is 9.35 Å². The second-order valence-electron chi connectivity index (χ2n) is 7.33. The van der Waals surface area contributed by atoms with E-state index in [1.807, 2.05) is 0 Å². The van der Waals surface area contributed by atoms with Gasteiger partial charge in [-0.25, -0.2) is 9.00 Å². The van der Waals surface area contributed by atoms with Gasteiger partial charge < -0.3 is 4.74 Å². The quantitative estimate of drug-likeness (QED) is 0.736. The Labute approximate surface area is 160 Å². The molecule has 6 nitrogen and oxygen atoms in total. The van der Waals surface area contributed by atoms with E-state index in [1.54, 1.807) is 58.9 Å². The summed E-state index contributed by atoms with van der Waals surface area (Å²) in [7, 11) is -3.21. The summed E-state index contributed by atoms with van der Waals surface area (Å²) in [5, 5.41) is 0. The molecule has 0 radical (unpaired) electrons. The molecule has 7 heteroatoms. The number of amides is 1. The molecule has 2 aromatic rings. The highest BCUT2D eigenvalue weighted by atomic mass is 32.2. The fraction of sp³-hybridized carbons (Fsp3) is 0.350. The van der Waals surface area contributed by atoms with Crippen LogP contribution in [0.25, 0.3) is 0 Å². The van der Waals surface area contributed by atoms with Gasteiger partial charge in [0.05, 0.1) is 21.5 Å². The van der Waals surface area contributed by atoms with Gasteiger partial charge in [0, 0.05) is 17.8 Å². The van der Waals surface area contributed by atoms with Crippen LogP contribution in [0.3, 0.4) is 0 Å². The molecule has 27 heavy (non-hydrogen) atoms. The number of esters is 1. The largest absolute Gasteiger partial charge is 0.459 e. The Balaban J connectivity index is 2.56. The lowest BCUT2D eigenvalue weighted by atomic mass is 9.96. The third kappa shape index (κ3) is 5.01. The van der Waals surface area contributed by atoms with Gasteiger partial charge in [-0.2, -0.15) is 4.36 Å². The van der Waals surface area contributed by atoms with Gasteiger partial charge in [0.1, 0.15) is 9.73 Å². The third-order valence-corrected chi connectivity index (χ3v) is 5.82. The van der Waals surface area contributed by atoms with Gasteiger partial charge >= 0.3 is 5.97 Å². The van der Waals surface area contributed by atoms with Crippen molar-refractivity contribution >= 4 is 21.6 Å². The summed E-state index contributed by atoms with van der Waals surface area (Å²) in [5.74, 6) is -0.928. The van der Waals surface area contributed by atoms with Crippen molar-refractivity contribution in [1.82, 2.24) is 4.98 Å². The normalized spacial score (nSPS) is 13.7. The SMILES string of the molecule is CC(C)OC(=O)c1ccc(S(=O)(=NC(=O)C(C)(C)C)c2ccncc2)cc1. The highest BCUT2D eigenvalue weighted by molar-refractivity contribution is 7.94. The van der Waals surface area contributed by atoms with Crippen LogP contribution in [0.2, 0.25) is 0 Å². The molecule has 0 aliphatic rings. The predicted octanol–water partition coefficient (Wildman–Crippen LogP) is 4.11. The number of hydrogen-bond acceptors (Lipinski definition) is 5. The summed E-state index contributed by atoms with van der Waals surface area (Å²) in [6.45, 7) is 8.68. The molecule has 1 unspecified atom stereocenters. The van der Waals surface area contributed by atoms with Crippen LogP contribution >= 0.6 is 0 Å². The molecule has 1 aromatic carbocycles. The van der Waals surface area contributed by atoms with Crippen LogP contribution in [0.4, 0.5) is 0 Å². The lowest BCUT2D eigenvalue weighted by Gasteiger charge is -2.16. The molecule has 2 rings (SSSR count). The van der Waals surface area contributed by atoms with E-state index in [4.69, 9.17) is 4.74 Å². The standard InChI is InChI=1S/C20H24N2O4S/c1-14(2)26-18(23)15-6-8-16(9-7-15)27(25,17-10-12-21-13-11-17)22-19(24)20(3,4)5/h6-14H,1-5H3. The first kappa shape index (κ1) is 20.8. The van der Waals surface area contributed by atoms with Gasteiger partial charge in [0.2, 0.25) is 0 Å². The van der Waals surface area contributed by atoms with Crippen LogP contribution in [0.15, 0.2) is 62.9 Å². The Kier molecular flexibility index (Phi) is 6.15. The van der Waals surface area contributed by atoms with Gasteiger partial charge in [0.25, 0.3) is 5.91 Å². The maximum atomic E-state index is 13.8. The first-order chi connectivity index (χ1) is 12.5. The Hall–Kier alpha value is -2.54. The first-order valence-corrected chi connectivity index (χ1v) is 10.1. The molecule has 1 aromatic heterocycles. The zero-order valence-corrected chi connectivity index (χ0v) is 16.9. The van der Waals surface area contributed by atoms with E-state index in [-0.39, 0.29) is 6.10 Å². The summed E-state index contributed by atoms with van der Waals surface area (Å²) >= 11 is 0. The molecule has 0 aliphatic carbocycles. The molecule has 1 heterocycles. The van der Waals surface area contributed by atoms with Gasteiger partial charge in [0.15, 0.2) is 0 Å². The second kappa shape index (κ2) is 8.00. The maximum Gasteiger partial charge on any atom is 0.338 e. The number of ether oxygens (including phenoxy) is 1. The molecule has 0 bridgehead atoms. The molecular formula is C20H24N2O4S. The van der Waals surface area contributed by atoms with Crippen LogP contribution < -0.4 is 0 Å². The lowest BCUT2D eigenvalue weighted by molar-refractivity contribution is -0.124. The number of hydrogen-bond donors (Lipinski definition) is 0. The molecule has 0 spiro atoms. The van der Waals surface area contributed by atoms with E-state index in [9.17, 15) is 13.8 Å². The van der Waals surface area contributed by atoms with Crippen LogP contribution in [0.1, 0.15) is 45.0 Å². The summed E-state index contributed by atoms with van der Waals surface area (Å²) in [6.07, 6.45) is 2.76. The minimum absolute atomic E-state index is 0.238. The van der Waals surface area contributed by atoms with E-state index in [0.29, 0.717) is 15.4 Å². The number of rotatable bonds is 4. The van der Waals surface area contributed by atoms with Crippen molar-refractivity contribution < 1.29 is 18.5 Å².